The molecule has 4 unspecified atom stereocenters. The van der Waals surface area contributed by atoms with Gasteiger partial charge in [-0.15, -0.1) is 0 Å². The third-order valence-corrected chi connectivity index (χ3v) is 7.18. The van der Waals surface area contributed by atoms with Gasteiger partial charge in [-0.1, -0.05) is 11.6 Å². The van der Waals surface area contributed by atoms with Crippen LogP contribution in [0, 0.1) is 6.92 Å². The van der Waals surface area contributed by atoms with Crippen molar-refractivity contribution in [1.29, 1.82) is 0 Å². The van der Waals surface area contributed by atoms with Gasteiger partial charge < -0.3 is 30.4 Å². The second kappa shape index (κ2) is 7.37. The molecule has 1 saturated heterocycles. The zero-order chi connectivity index (χ0) is 22.9. The van der Waals surface area contributed by atoms with Gasteiger partial charge >= 0.3 is 0 Å². The highest BCUT2D eigenvalue weighted by molar-refractivity contribution is 5.85. The van der Waals surface area contributed by atoms with E-state index in [9.17, 15) is 15.3 Å². The molecule has 0 radical (unpaired) electrons. The van der Waals surface area contributed by atoms with Gasteiger partial charge in [0.1, 0.15) is 29.3 Å². The molecule has 6 rings (SSSR count). The van der Waals surface area contributed by atoms with E-state index in [1.807, 2.05) is 0 Å². The highest BCUT2D eigenvalue weighted by Gasteiger charge is 2.53. The number of H-pyrrole nitrogens is 1. The number of aryl methyl sites for hydroxylation is 1. The van der Waals surface area contributed by atoms with Crippen molar-refractivity contribution in [3.8, 4) is 0 Å². The molecule has 33 heavy (non-hydrogen) atoms. The molecule has 3 aliphatic heterocycles. The van der Waals surface area contributed by atoms with E-state index in [0.717, 1.165) is 30.7 Å². The van der Waals surface area contributed by atoms with Crippen molar-refractivity contribution in [3.63, 3.8) is 0 Å². The minimum absolute atomic E-state index is 0.284. The van der Waals surface area contributed by atoms with Gasteiger partial charge in [-0.25, -0.2) is 9.98 Å². The second-order valence-electron chi connectivity index (χ2n) is 9.41. The zero-order valence-corrected chi connectivity index (χ0v) is 18.6. The zero-order valence-electron chi connectivity index (χ0n) is 18.6. The van der Waals surface area contributed by atoms with Crippen LogP contribution in [0.15, 0.2) is 29.5 Å². The van der Waals surface area contributed by atoms with Gasteiger partial charge in [0.15, 0.2) is 12.4 Å². The van der Waals surface area contributed by atoms with Crippen molar-refractivity contribution in [1.82, 2.24) is 19.4 Å². The summed E-state index contributed by atoms with van der Waals surface area (Å²) in [5, 5.41) is 35.2. The highest BCUT2D eigenvalue weighted by atomic mass is 16.6. The summed E-state index contributed by atoms with van der Waals surface area (Å²) in [5.41, 5.74) is 4.12. The topological polar surface area (TPSA) is 131 Å². The number of nitrogens with one attached hydrogen (secondary N) is 2. The molecule has 1 fully saturated rings. The summed E-state index contributed by atoms with van der Waals surface area (Å²) in [6, 6.07) is 6.50. The minimum atomic E-state index is -1.59. The first kappa shape index (κ1) is 20.8. The Labute approximate surface area is 190 Å². The maximum Gasteiger partial charge on any atom is 0.168 e. The van der Waals surface area contributed by atoms with Crippen LogP contribution in [-0.2, 0) is 17.7 Å². The van der Waals surface area contributed by atoms with Crippen LogP contribution < -0.4 is 5.32 Å². The fourth-order valence-corrected chi connectivity index (χ4v) is 5.37. The van der Waals surface area contributed by atoms with E-state index in [4.69, 9.17) is 4.74 Å². The van der Waals surface area contributed by atoms with Gasteiger partial charge in [0.2, 0.25) is 0 Å². The molecule has 2 aromatic heterocycles. The molecule has 0 amide bonds. The molecule has 0 bridgehead atoms. The number of fused-ring (bicyclic) bond motifs is 4. The number of hydrogen-bond acceptors (Lipinski definition) is 8. The van der Waals surface area contributed by atoms with Crippen LogP contribution >= 0.6 is 0 Å². The number of aliphatic hydroxyl groups excluding tert-OH is 2. The Morgan fingerprint density at radius 2 is 2.18 bits per heavy atom. The Hall–Kier alpha value is -2.76. The van der Waals surface area contributed by atoms with Crippen LogP contribution in [0.2, 0.25) is 0 Å². The summed E-state index contributed by atoms with van der Waals surface area (Å²) in [7, 11) is 0. The largest absolute Gasteiger partial charge is 0.394 e. The van der Waals surface area contributed by atoms with E-state index in [-0.39, 0.29) is 12.8 Å². The number of aliphatic imine (C=N–C) groups is 1. The van der Waals surface area contributed by atoms with Crippen molar-refractivity contribution in [2.45, 2.75) is 57.0 Å². The molecule has 5 N–H and O–H groups in total. The number of aliphatic hydroxyl groups is 3. The van der Waals surface area contributed by atoms with Crippen LogP contribution in [0.4, 0.5) is 5.82 Å². The van der Waals surface area contributed by atoms with E-state index in [0.29, 0.717) is 5.82 Å². The SMILES string of the molecule is Cc1ccc2[nH]c3c(c2c1)CCN(C1N=CNc2c1ncn2C1OC(CO)[C@@H](O)C1(C)O)C3. The number of imidazole rings is 1. The summed E-state index contributed by atoms with van der Waals surface area (Å²) >= 11 is 0. The van der Waals surface area contributed by atoms with Crippen LogP contribution in [0.5, 0.6) is 0 Å². The molecular weight excluding hydrogens is 424 g/mol. The summed E-state index contributed by atoms with van der Waals surface area (Å²) in [6.45, 7) is 4.79. The quantitative estimate of drug-likeness (QED) is 0.403. The van der Waals surface area contributed by atoms with E-state index in [2.05, 4.69) is 50.3 Å². The van der Waals surface area contributed by atoms with Crippen molar-refractivity contribution >= 4 is 23.1 Å². The first-order valence-electron chi connectivity index (χ1n) is 11.2. The Morgan fingerprint density at radius 1 is 1.33 bits per heavy atom. The molecule has 0 spiro atoms. The van der Waals surface area contributed by atoms with Gasteiger partial charge in [-0.3, -0.25) is 9.47 Å². The number of aromatic nitrogens is 3. The van der Waals surface area contributed by atoms with E-state index in [1.54, 1.807) is 17.2 Å². The maximum absolute atomic E-state index is 10.9. The number of ether oxygens (including phenoxy) is 1. The molecule has 174 valence electrons. The van der Waals surface area contributed by atoms with Crippen LogP contribution in [0.3, 0.4) is 0 Å². The predicted molar refractivity (Wildman–Crippen MR) is 122 cm³/mol. The van der Waals surface area contributed by atoms with E-state index in [1.165, 1.54) is 29.1 Å². The molecule has 5 atom stereocenters. The Balaban J connectivity index is 1.31. The van der Waals surface area contributed by atoms with Crippen molar-refractivity contribution in [3.05, 3.63) is 47.0 Å². The molecule has 10 nitrogen and oxygen atoms in total. The molecule has 0 aliphatic carbocycles. The molecule has 3 aromatic rings. The summed E-state index contributed by atoms with van der Waals surface area (Å²) in [4.78, 5) is 15.1. The molecule has 3 aliphatic rings. The van der Waals surface area contributed by atoms with Gasteiger partial charge in [0, 0.05) is 29.7 Å². The van der Waals surface area contributed by atoms with Gasteiger partial charge in [0.25, 0.3) is 0 Å². The van der Waals surface area contributed by atoms with Crippen LogP contribution in [-0.4, -0.2) is 72.1 Å². The van der Waals surface area contributed by atoms with Crippen molar-refractivity contribution in [2.24, 2.45) is 4.99 Å². The molecule has 1 aromatic carbocycles. The Kier molecular flexibility index (Phi) is 4.65. The first-order valence-corrected chi connectivity index (χ1v) is 11.2. The van der Waals surface area contributed by atoms with Crippen LogP contribution in [0.1, 0.15) is 41.8 Å². The lowest BCUT2D eigenvalue weighted by Crippen LogP contribution is -2.44. The third kappa shape index (κ3) is 3.06. The summed E-state index contributed by atoms with van der Waals surface area (Å²) in [6.07, 6.45) is 0.871. The second-order valence-corrected chi connectivity index (χ2v) is 9.41. The average Bonchev–Trinajstić information content (AvgIpc) is 3.45. The lowest BCUT2D eigenvalue weighted by Gasteiger charge is -2.34. The van der Waals surface area contributed by atoms with E-state index < -0.39 is 24.0 Å². The van der Waals surface area contributed by atoms with Crippen molar-refractivity contribution < 1.29 is 20.1 Å². The smallest absolute Gasteiger partial charge is 0.168 e. The normalized spacial score (nSPS) is 31.5. The van der Waals surface area contributed by atoms with Gasteiger partial charge in [-0.05, 0) is 38.0 Å². The maximum atomic E-state index is 10.9. The number of rotatable bonds is 3. The molecule has 5 heterocycles. The summed E-state index contributed by atoms with van der Waals surface area (Å²) < 4.78 is 7.46. The number of hydrogen-bond donors (Lipinski definition) is 5. The van der Waals surface area contributed by atoms with Gasteiger partial charge in [-0.2, -0.15) is 0 Å². The fraction of sp³-hybridized carbons (Fsp3) is 0.478. The van der Waals surface area contributed by atoms with E-state index >= 15 is 0 Å². The standard InChI is InChI=1S/C23H28N6O4/c1-12-3-4-15-14(7-12)13-5-6-28(8-16(13)27-15)20-18-21(25-10-24-20)29(11-26-18)22-23(2,32)19(31)17(9-30)33-22/h3-4,7,10-11,17,19-20,22,27,30-32H,5-6,8-9H2,1-2H3,(H,24,25)/t17?,19-,20?,22?,23?/m1/s1. The molecule has 10 heteroatoms. The third-order valence-electron chi connectivity index (χ3n) is 7.18. The average molecular weight is 453 g/mol. The Morgan fingerprint density at radius 3 is 2.97 bits per heavy atom. The number of anilines is 1. The predicted octanol–water partition coefficient (Wildman–Crippen LogP) is 1.19. The molecular formula is C23H28N6O4. The van der Waals surface area contributed by atoms with Crippen LogP contribution in [0.25, 0.3) is 10.9 Å². The number of nitrogens with zero attached hydrogens (tertiary/aromatic N) is 4. The highest BCUT2D eigenvalue weighted by Crippen LogP contribution is 2.42. The van der Waals surface area contributed by atoms with Crippen molar-refractivity contribution in [2.75, 3.05) is 18.5 Å². The fourth-order valence-electron chi connectivity index (χ4n) is 5.37. The lowest BCUT2D eigenvalue weighted by atomic mass is 9.96. The lowest BCUT2D eigenvalue weighted by molar-refractivity contribution is -0.0957. The van der Waals surface area contributed by atoms with Gasteiger partial charge in [0.05, 0.1) is 19.3 Å². The number of benzene rings is 1. The minimum Gasteiger partial charge on any atom is -0.394 e. The summed E-state index contributed by atoms with van der Waals surface area (Å²) in [5.74, 6) is 0.657. The Bertz CT molecular complexity index is 1250. The first-order chi connectivity index (χ1) is 15.9. The monoisotopic (exact) mass is 452 g/mol. The molecule has 0 saturated carbocycles. The number of aromatic amines is 1.